The van der Waals surface area contributed by atoms with Crippen molar-refractivity contribution in [1.82, 2.24) is 5.32 Å². The van der Waals surface area contributed by atoms with Crippen LogP contribution in [0, 0.1) is 5.92 Å². The number of benzene rings is 1. The Morgan fingerprint density at radius 2 is 2.00 bits per heavy atom. The average Bonchev–Trinajstić information content (AvgIpc) is 3.01. The number of nitrogens with one attached hydrogen (secondary N) is 2. The molecule has 1 fully saturated rings. The normalized spacial score (nSPS) is 16.5. The fourth-order valence-corrected chi connectivity index (χ4v) is 3.00. The molecule has 1 aromatic carbocycles. The number of carbonyl (C=O) groups excluding carboxylic acids is 2. The van der Waals surface area contributed by atoms with Crippen molar-refractivity contribution < 1.29 is 9.59 Å². The Morgan fingerprint density at radius 1 is 1.29 bits per heavy atom. The van der Waals surface area contributed by atoms with Crippen LogP contribution in [-0.4, -0.2) is 24.1 Å². The third-order valence-electron chi connectivity index (χ3n) is 3.82. The Hall–Kier alpha value is -1.49. The number of amides is 2. The van der Waals surface area contributed by atoms with Crippen molar-refractivity contribution in [2.75, 3.05) is 11.6 Å². The maximum absolute atomic E-state index is 12.1. The van der Waals surface area contributed by atoms with Crippen molar-refractivity contribution in [1.29, 1.82) is 0 Å². The van der Waals surface area contributed by atoms with Crippen molar-refractivity contribution in [2.45, 2.75) is 43.5 Å². The average molecular weight is 306 g/mol. The van der Waals surface area contributed by atoms with Crippen LogP contribution in [0.15, 0.2) is 29.2 Å². The summed E-state index contributed by atoms with van der Waals surface area (Å²) in [4.78, 5) is 25.2. The van der Waals surface area contributed by atoms with Gasteiger partial charge in [-0.25, -0.2) is 0 Å². The number of hydrogen-bond donors (Lipinski definition) is 2. The summed E-state index contributed by atoms with van der Waals surface area (Å²) in [6.07, 6.45) is 6.09. The van der Waals surface area contributed by atoms with E-state index >= 15 is 0 Å². The molecule has 1 saturated carbocycles. The number of anilines is 1. The highest BCUT2D eigenvalue weighted by Gasteiger charge is 2.25. The van der Waals surface area contributed by atoms with Crippen molar-refractivity contribution in [2.24, 2.45) is 5.92 Å². The van der Waals surface area contributed by atoms with E-state index in [0.717, 1.165) is 36.3 Å². The SMILES string of the molecule is CSc1cccc(NC(=O)[C@@H](C)NC(=O)C2CCCC2)c1. The van der Waals surface area contributed by atoms with Crippen LogP contribution in [0.3, 0.4) is 0 Å². The number of carbonyl (C=O) groups is 2. The largest absolute Gasteiger partial charge is 0.344 e. The maximum atomic E-state index is 12.1. The van der Waals surface area contributed by atoms with Gasteiger partial charge in [-0.15, -0.1) is 11.8 Å². The highest BCUT2D eigenvalue weighted by molar-refractivity contribution is 7.98. The first-order valence-corrected chi connectivity index (χ1v) is 8.58. The van der Waals surface area contributed by atoms with Gasteiger partial charge in [0.25, 0.3) is 0 Å². The molecule has 0 saturated heterocycles. The Morgan fingerprint density at radius 3 is 2.67 bits per heavy atom. The van der Waals surface area contributed by atoms with Gasteiger partial charge in [-0.3, -0.25) is 9.59 Å². The molecule has 1 aliphatic carbocycles. The number of rotatable bonds is 5. The fourth-order valence-electron chi connectivity index (χ4n) is 2.54. The zero-order chi connectivity index (χ0) is 15.2. The summed E-state index contributed by atoms with van der Waals surface area (Å²) in [7, 11) is 0. The topological polar surface area (TPSA) is 58.2 Å². The summed E-state index contributed by atoms with van der Waals surface area (Å²) in [6, 6.07) is 7.16. The van der Waals surface area contributed by atoms with Crippen molar-refractivity contribution >= 4 is 29.3 Å². The van der Waals surface area contributed by atoms with Gasteiger partial charge in [-0.1, -0.05) is 18.9 Å². The van der Waals surface area contributed by atoms with Gasteiger partial charge in [-0.05, 0) is 44.2 Å². The van der Waals surface area contributed by atoms with Gasteiger partial charge >= 0.3 is 0 Å². The zero-order valence-electron chi connectivity index (χ0n) is 12.5. The molecule has 2 rings (SSSR count). The minimum Gasteiger partial charge on any atom is -0.344 e. The fraction of sp³-hybridized carbons (Fsp3) is 0.500. The summed E-state index contributed by atoms with van der Waals surface area (Å²) in [6.45, 7) is 1.72. The van der Waals surface area contributed by atoms with E-state index in [1.54, 1.807) is 18.7 Å². The van der Waals surface area contributed by atoms with Crippen LogP contribution in [0.5, 0.6) is 0 Å². The van der Waals surface area contributed by atoms with Crippen LogP contribution in [0.2, 0.25) is 0 Å². The molecule has 0 heterocycles. The molecule has 0 bridgehead atoms. The second-order valence-electron chi connectivity index (χ2n) is 5.43. The van der Waals surface area contributed by atoms with Crippen LogP contribution in [0.4, 0.5) is 5.69 Å². The summed E-state index contributed by atoms with van der Waals surface area (Å²) in [5, 5.41) is 5.66. The molecule has 0 spiro atoms. The Labute approximate surface area is 130 Å². The van der Waals surface area contributed by atoms with E-state index in [1.807, 2.05) is 30.5 Å². The summed E-state index contributed by atoms with van der Waals surface area (Å²) < 4.78 is 0. The van der Waals surface area contributed by atoms with E-state index in [-0.39, 0.29) is 17.7 Å². The van der Waals surface area contributed by atoms with E-state index in [2.05, 4.69) is 10.6 Å². The lowest BCUT2D eigenvalue weighted by atomic mass is 10.1. The van der Waals surface area contributed by atoms with Crippen molar-refractivity contribution in [3.05, 3.63) is 24.3 Å². The van der Waals surface area contributed by atoms with Gasteiger partial charge in [0.1, 0.15) is 6.04 Å². The number of hydrogen-bond acceptors (Lipinski definition) is 3. The predicted molar refractivity (Wildman–Crippen MR) is 86.4 cm³/mol. The van der Waals surface area contributed by atoms with Gasteiger partial charge in [0, 0.05) is 16.5 Å². The Bertz CT molecular complexity index is 513. The standard InChI is InChI=1S/C16H22N2O2S/c1-11(17-16(20)12-6-3-4-7-12)15(19)18-13-8-5-9-14(10-13)21-2/h5,8-12H,3-4,6-7H2,1-2H3,(H,17,20)(H,18,19)/t11-/m1/s1. The van der Waals surface area contributed by atoms with E-state index in [4.69, 9.17) is 0 Å². The highest BCUT2D eigenvalue weighted by atomic mass is 32.2. The lowest BCUT2D eigenvalue weighted by Crippen LogP contribution is -2.43. The lowest BCUT2D eigenvalue weighted by molar-refractivity contribution is -0.128. The summed E-state index contributed by atoms with van der Waals surface area (Å²) in [5.74, 6) is -0.0901. The van der Waals surface area contributed by atoms with Crippen LogP contribution in [0.25, 0.3) is 0 Å². The third-order valence-corrected chi connectivity index (χ3v) is 4.54. The van der Waals surface area contributed by atoms with Gasteiger partial charge in [0.15, 0.2) is 0 Å². The molecular formula is C16H22N2O2S. The molecule has 0 aromatic heterocycles. The molecule has 2 N–H and O–H groups in total. The minimum atomic E-state index is -0.518. The molecule has 0 unspecified atom stereocenters. The smallest absolute Gasteiger partial charge is 0.246 e. The van der Waals surface area contributed by atoms with E-state index in [0.29, 0.717) is 0 Å². The van der Waals surface area contributed by atoms with Gasteiger partial charge in [0.2, 0.25) is 11.8 Å². The maximum Gasteiger partial charge on any atom is 0.246 e. The zero-order valence-corrected chi connectivity index (χ0v) is 13.3. The summed E-state index contributed by atoms with van der Waals surface area (Å²) >= 11 is 1.62. The molecule has 114 valence electrons. The number of thioether (sulfide) groups is 1. The molecule has 0 aliphatic heterocycles. The van der Waals surface area contributed by atoms with Gasteiger partial charge < -0.3 is 10.6 Å². The Kier molecular flexibility index (Phi) is 5.67. The lowest BCUT2D eigenvalue weighted by Gasteiger charge is -2.17. The first kappa shape index (κ1) is 15.9. The highest BCUT2D eigenvalue weighted by Crippen LogP contribution is 2.24. The van der Waals surface area contributed by atoms with Crippen LogP contribution in [-0.2, 0) is 9.59 Å². The van der Waals surface area contributed by atoms with Gasteiger partial charge in [-0.2, -0.15) is 0 Å². The molecule has 1 aliphatic rings. The molecule has 2 amide bonds. The predicted octanol–water partition coefficient (Wildman–Crippen LogP) is 3.04. The second-order valence-corrected chi connectivity index (χ2v) is 6.31. The van der Waals surface area contributed by atoms with Crippen molar-refractivity contribution in [3.8, 4) is 0 Å². The minimum absolute atomic E-state index is 0.00742. The third kappa shape index (κ3) is 4.49. The van der Waals surface area contributed by atoms with Crippen LogP contribution in [0.1, 0.15) is 32.6 Å². The molecule has 1 aromatic rings. The van der Waals surface area contributed by atoms with Crippen LogP contribution >= 0.6 is 11.8 Å². The molecule has 1 atom stereocenters. The monoisotopic (exact) mass is 306 g/mol. The van der Waals surface area contributed by atoms with Crippen LogP contribution < -0.4 is 10.6 Å². The first-order valence-electron chi connectivity index (χ1n) is 7.35. The molecule has 21 heavy (non-hydrogen) atoms. The van der Waals surface area contributed by atoms with E-state index in [1.165, 1.54) is 0 Å². The van der Waals surface area contributed by atoms with Crippen molar-refractivity contribution in [3.63, 3.8) is 0 Å². The van der Waals surface area contributed by atoms with E-state index < -0.39 is 6.04 Å². The molecule has 0 radical (unpaired) electrons. The second kappa shape index (κ2) is 7.50. The molecule has 4 nitrogen and oxygen atoms in total. The molecule has 5 heteroatoms. The molecular weight excluding hydrogens is 284 g/mol. The quantitative estimate of drug-likeness (QED) is 0.822. The first-order chi connectivity index (χ1) is 10.1. The summed E-state index contributed by atoms with van der Waals surface area (Å²) in [5.41, 5.74) is 0.758. The van der Waals surface area contributed by atoms with E-state index in [9.17, 15) is 9.59 Å². The van der Waals surface area contributed by atoms with Gasteiger partial charge in [0.05, 0.1) is 0 Å². The Balaban J connectivity index is 1.88.